The van der Waals surface area contributed by atoms with Gasteiger partial charge in [-0.1, -0.05) is 20.4 Å². The number of thiol groups is 1. The summed E-state index contributed by atoms with van der Waals surface area (Å²) in [6, 6.07) is 11.0. The summed E-state index contributed by atoms with van der Waals surface area (Å²) >= 11 is 4.46. The molecule has 0 bridgehead atoms. The number of aliphatic imine (C=N–C) groups is 1. The molecule has 0 saturated heterocycles. The minimum absolute atomic E-state index is 0.0557. The van der Waals surface area contributed by atoms with Crippen LogP contribution in [0.3, 0.4) is 0 Å². The normalized spacial score (nSPS) is 12.0. The van der Waals surface area contributed by atoms with Gasteiger partial charge in [0.2, 0.25) is 0 Å². The molecule has 6 heteroatoms. The third-order valence-electron chi connectivity index (χ3n) is 4.48. The van der Waals surface area contributed by atoms with Crippen molar-refractivity contribution in [1.29, 1.82) is 0 Å². The quantitative estimate of drug-likeness (QED) is 0.292. The zero-order valence-corrected chi connectivity index (χ0v) is 16.5. The van der Waals surface area contributed by atoms with Crippen molar-refractivity contribution in [1.82, 2.24) is 4.98 Å². The highest BCUT2D eigenvalue weighted by atomic mass is 32.1. The highest BCUT2D eigenvalue weighted by Gasteiger charge is 2.22. The van der Waals surface area contributed by atoms with E-state index in [0.717, 1.165) is 22.2 Å². The van der Waals surface area contributed by atoms with Crippen molar-refractivity contribution in [2.24, 2.45) is 4.99 Å². The average Bonchev–Trinajstić information content (AvgIpc) is 3.07. The molecule has 0 radical (unpaired) electrons. The fourth-order valence-corrected chi connectivity index (χ4v) is 3.36. The van der Waals surface area contributed by atoms with Gasteiger partial charge >= 0.3 is 0 Å². The molecule has 0 aliphatic carbocycles. The maximum Gasteiger partial charge on any atom is 0.143 e. The first-order valence-electron chi connectivity index (χ1n) is 8.61. The molecular weight excluding hydrogens is 358 g/mol. The molecule has 0 spiro atoms. The van der Waals surface area contributed by atoms with Gasteiger partial charge in [-0.05, 0) is 41.8 Å². The van der Waals surface area contributed by atoms with Crippen molar-refractivity contribution < 1.29 is 10.2 Å². The molecule has 2 aromatic carbocycles. The van der Waals surface area contributed by atoms with Gasteiger partial charge < -0.3 is 15.2 Å². The standard InChI is InChI=1S/C21H23N3O2S/c1-12(2)16-10-17(20(26)11-19(16)25)21(22-4)24(13(3)27)15-5-6-18-14(9-15)7-8-23-18/h5-12,23,25-27H,3H2,1-2,4H3. The van der Waals surface area contributed by atoms with Gasteiger partial charge in [-0.15, -0.1) is 12.6 Å². The number of aromatic hydroxyl groups is 2. The predicted molar refractivity (Wildman–Crippen MR) is 115 cm³/mol. The van der Waals surface area contributed by atoms with Gasteiger partial charge in [0.05, 0.1) is 10.6 Å². The summed E-state index contributed by atoms with van der Waals surface area (Å²) in [5.41, 5.74) is 3.08. The number of fused-ring (bicyclic) bond motifs is 1. The number of aromatic nitrogens is 1. The van der Waals surface area contributed by atoms with Crippen molar-refractivity contribution in [3.8, 4) is 11.5 Å². The number of nitrogens with zero attached hydrogens (tertiary/aromatic N) is 2. The lowest BCUT2D eigenvalue weighted by molar-refractivity contribution is 0.443. The summed E-state index contributed by atoms with van der Waals surface area (Å²) in [5, 5.41) is 22.1. The Balaban J connectivity index is 2.17. The van der Waals surface area contributed by atoms with Crippen LogP contribution in [0.5, 0.6) is 11.5 Å². The molecule has 0 aliphatic heterocycles. The third kappa shape index (κ3) is 3.53. The fourth-order valence-electron chi connectivity index (χ4n) is 3.15. The number of benzene rings is 2. The SMILES string of the molecule is C=C(S)N(C(=NC)c1cc(C(C)C)c(O)cc1O)c1ccc2[nH]ccc2c1. The Morgan fingerprint density at radius 1 is 1.15 bits per heavy atom. The van der Waals surface area contributed by atoms with E-state index in [4.69, 9.17) is 0 Å². The number of aromatic amines is 1. The Morgan fingerprint density at radius 2 is 1.89 bits per heavy atom. The monoisotopic (exact) mass is 381 g/mol. The van der Waals surface area contributed by atoms with Crippen LogP contribution in [0.1, 0.15) is 30.9 Å². The minimum Gasteiger partial charge on any atom is -0.508 e. The van der Waals surface area contributed by atoms with Crippen LogP contribution < -0.4 is 4.90 Å². The second-order valence-corrected chi connectivity index (χ2v) is 7.15. The summed E-state index contributed by atoms with van der Waals surface area (Å²) in [6.45, 7) is 7.93. The van der Waals surface area contributed by atoms with E-state index in [1.165, 1.54) is 6.07 Å². The maximum atomic E-state index is 10.5. The number of phenolic OH excluding ortho intramolecular Hbond substituents is 2. The summed E-state index contributed by atoms with van der Waals surface area (Å²) in [7, 11) is 1.65. The van der Waals surface area contributed by atoms with E-state index in [-0.39, 0.29) is 17.4 Å². The van der Waals surface area contributed by atoms with Crippen LogP contribution in [-0.2, 0) is 0 Å². The van der Waals surface area contributed by atoms with Crippen molar-refractivity contribution in [3.05, 3.63) is 65.3 Å². The lowest BCUT2D eigenvalue weighted by atomic mass is 9.98. The molecule has 5 nitrogen and oxygen atoms in total. The van der Waals surface area contributed by atoms with Gasteiger partial charge in [0.15, 0.2) is 0 Å². The summed E-state index contributed by atoms with van der Waals surface area (Å²) in [5.74, 6) is 0.585. The fraction of sp³-hybridized carbons (Fsp3) is 0.190. The average molecular weight is 382 g/mol. The largest absolute Gasteiger partial charge is 0.508 e. The molecule has 3 aromatic rings. The van der Waals surface area contributed by atoms with E-state index < -0.39 is 0 Å². The molecule has 1 heterocycles. The molecule has 0 aliphatic rings. The van der Waals surface area contributed by atoms with E-state index in [0.29, 0.717) is 16.4 Å². The van der Waals surface area contributed by atoms with E-state index in [1.54, 1.807) is 18.0 Å². The number of hydrogen-bond donors (Lipinski definition) is 4. The van der Waals surface area contributed by atoms with Crippen molar-refractivity contribution in [2.45, 2.75) is 19.8 Å². The Labute approximate surface area is 164 Å². The summed E-state index contributed by atoms with van der Waals surface area (Å²) in [4.78, 5) is 9.33. The molecule has 3 rings (SSSR count). The summed E-state index contributed by atoms with van der Waals surface area (Å²) in [6.07, 6.45) is 1.88. The van der Waals surface area contributed by atoms with Crippen LogP contribution in [-0.4, -0.2) is 28.1 Å². The Morgan fingerprint density at radius 3 is 2.52 bits per heavy atom. The Kier molecular flexibility index (Phi) is 5.19. The molecule has 0 unspecified atom stereocenters. The molecule has 3 N–H and O–H groups in total. The number of rotatable bonds is 4. The topological polar surface area (TPSA) is 71.8 Å². The second-order valence-electron chi connectivity index (χ2n) is 6.63. The van der Waals surface area contributed by atoms with Gasteiger partial charge in [0.1, 0.15) is 17.3 Å². The van der Waals surface area contributed by atoms with Crippen LogP contribution >= 0.6 is 12.6 Å². The van der Waals surface area contributed by atoms with E-state index in [1.807, 2.05) is 44.3 Å². The van der Waals surface area contributed by atoms with Crippen molar-refractivity contribution >= 4 is 35.1 Å². The minimum atomic E-state index is -0.0557. The van der Waals surface area contributed by atoms with Crippen LogP contribution in [0.15, 0.2) is 59.2 Å². The molecule has 27 heavy (non-hydrogen) atoms. The predicted octanol–water partition coefficient (Wildman–Crippen LogP) is 4.99. The molecule has 0 atom stereocenters. The first-order chi connectivity index (χ1) is 12.8. The van der Waals surface area contributed by atoms with Crippen molar-refractivity contribution in [2.75, 3.05) is 11.9 Å². The number of H-pyrrole nitrogens is 1. The summed E-state index contributed by atoms with van der Waals surface area (Å²) < 4.78 is 0. The second kappa shape index (κ2) is 7.40. The van der Waals surface area contributed by atoms with E-state index >= 15 is 0 Å². The number of nitrogens with one attached hydrogen (secondary N) is 1. The maximum absolute atomic E-state index is 10.5. The highest BCUT2D eigenvalue weighted by Crippen LogP contribution is 2.35. The van der Waals surface area contributed by atoms with Crippen LogP contribution in [0.25, 0.3) is 10.9 Å². The molecule has 0 amide bonds. The van der Waals surface area contributed by atoms with Gasteiger partial charge in [-0.2, -0.15) is 0 Å². The van der Waals surface area contributed by atoms with Crippen LogP contribution in [0.2, 0.25) is 0 Å². The Bertz CT molecular complexity index is 1040. The Hall–Kier alpha value is -2.86. The third-order valence-corrected chi connectivity index (χ3v) is 4.68. The zero-order chi connectivity index (χ0) is 19.7. The van der Waals surface area contributed by atoms with Gasteiger partial charge in [-0.3, -0.25) is 9.89 Å². The van der Waals surface area contributed by atoms with Crippen LogP contribution in [0, 0.1) is 0 Å². The molecule has 140 valence electrons. The molecular formula is C21H23N3O2S. The smallest absolute Gasteiger partial charge is 0.143 e. The van der Waals surface area contributed by atoms with Gasteiger partial charge in [0.25, 0.3) is 0 Å². The van der Waals surface area contributed by atoms with E-state index in [2.05, 4.69) is 29.2 Å². The number of phenols is 2. The highest BCUT2D eigenvalue weighted by molar-refractivity contribution is 7.84. The van der Waals surface area contributed by atoms with Crippen molar-refractivity contribution in [3.63, 3.8) is 0 Å². The van der Waals surface area contributed by atoms with E-state index in [9.17, 15) is 10.2 Å². The number of hydrogen-bond acceptors (Lipinski definition) is 4. The molecule has 1 aromatic heterocycles. The molecule has 0 fully saturated rings. The lowest BCUT2D eigenvalue weighted by Gasteiger charge is -2.27. The van der Waals surface area contributed by atoms with Gasteiger partial charge in [0, 0.05) is 35.9 Å². The van der Waals surface area contributed by atoms with Crippen LogP contribution in [0.4, 0.5) is 5.69 Å². The number of amidine groups is 1. The zero-order valence-electron chi connectivity index (χ0n) is 15.6. The number of anilines is 1. The molecule has 0 saturated carbocycles. The first kappa shape index (κ1) is 18.9. The lowest BCUT2D eigenvalue weighted by Crippen LogP contribution is -2.29. The first-order valence-corrected chi connectivity index (χ1v) is 9.06. The van der Waals surface area contributed by atoms with Gasteiger partial charge in [-0.25, -0.2) is 0 Å².